The van der Waals surface area contributed by atoms with Gasteiger partial charge >= 0.3 is 5.97 Å². The molecule has 0 heterocycles. The van der Waals surface area contributed by atoms with Crippen LogP contribution >= 0.6 is 0 Å². The zero-order valence-electron chi connectivity index (χ0n) is 11.7. The van der Waals surface area contributed by atoms with E-state index in [1.807, 2.05) is 5.48 Å². The van der Waals surface area contributed by atoms with Crippen molar-refractivity contribution in [1.29, 1.82) is 0 Å². The van der Waals surface area contributed by atoms with Gasteiger partial charge in [-0.2, -0.15) is 5.48 Å². The lowest BCUT2D eigenvalue weighted by Crippen LogP contribution is -2.43. The van der Waals surface area contributed by atoms with E-state index in [0.717, 1.165) is 0 Å². The monoisotopic (exact) mass is 281 g/mol. The van der Waals surface area contributed by atoms with E-state index in [1.165, 1.54) is 12.1 Å². The molecule has 6 nitrogen and oxygen atoms in total. The molecule has 0 spiro atoms. The third kappa shape index (κ3) is 4.99. The summed E-state index contributed by atoms with van der Waals surface area (Å²) in [6.45, 7) is 4.96. The van der Waals surface area contributed by atoms with Gasteiger partial charge < -0.3 is 15.1 Å². The van der Waals surface area contributed by atoms with Gasteiger partial charge in [0.25, 0.3) is 5.78 Å². The number of aromatic hydroxyl groups is 1. The number of esters is 1. The first-order valence-electron chi connectivity index (χ1n) is 6.17. The van der Waals surface area contributed by atoms with Gasteiger partial charge in [-0.15, -0.1) is 0 Å². The summed E-state index contributed by atoms with van der Waals surface area (Å²) >= 11 is 0. The van der Waals surface area contributed by atoms with Crippen LogP contribution in [0.5, 0.6) is 5.75 Å². The highest BCUT2D eigenvalue weighted by atomic mass is 16.6. The van der Waals surface area contributed by atoms with Crippen LogP contribution in [0.4, 0.5) is 0 Å². The van der Waals surface area contributed by atoms with Gasteiger partial charge in [0.15, 0.2) is 0 Å². The van der Waals surface area contributed by atoms with Crippen LogP contribution in [0.2, 0.25) is 0 Å². The number of phenols is 1. The van der Waals surface area contributed by atoms with Gasteiger partial charge in [0.1, 0.15) is 17.4 Å². The molecule has 0 amide bonds. The van der Waals surface area contributed by atoms with Crippen molar-refractivity contribution in [2.45, 2.75) is 38.8 Å². The smallest absolute Gasteiger partial charge is 0.376 e. The van der Waals surface area contributed by atoms with Crippen molar-refractivity contribution in [3.8, 4) is 5.75 Å². The molecule has 0 aliphatic rings. The minimum absolute atomic E-state index is 0.0979. The number of rotatable bonds is 5. The highest BCUT2D eigenvalue weighted by Crippen LogP contribution is 2.13. The minimum Gasteiger partial charge on any atom is -0.508 e. The number of hydroxylamine groups is 1. The van der Waals surface area contributed by atoms with E-state index in [-0.39, 0.29) is 12.2 Å². The number of Topliss-reactive ketones (excluding diaryl/α,β-unsaturated/α-hetero) is 1. The molecule has 0 unspecified atom stereocenters. The number of ketones is 1. The van der Waals surface area contributed by atoms with Crippen LogP contribution in [0.1, 0.15) is 26.3 Å². The molecule has 6 heteroatoms. The quantitative estimate of drug-likeness (QED) is 0.426. The van der Waals surface area contributed by atoms with Crippen molar-refractivity contribution >= 4 is 11.8 Å². The second kappa shape index (κ2) is 6.49. The lowest BCUT2D eigenvalue weighted by molar-refractivity contribution is -0.164. The Balaban J connectivity index is 2.72. The Bertz CT molecular complexity index is 475. The number of benzene rings is 1. The normalized spacial score (nSPS) is 12.8. The molecule has 0 radical (unpaired) electrons. The van der Waals surface area contributed by atoms with Crippen molar-refractivity contribution in [1.82, 2.24) is 5.48 Å². The molecule has 1 rings (SSSR count). The van der Waals surface area contributed by atoms with E-state index in [2.05, 4.69) is 0 Å². The summed E-state index contributed by atoms with van der Waals surface area (Å²) in [5.41, 5.74) is 1.73. The molecular formula is C14H19NO5. The number of hydrogen-bond acceptors (Lipinski definition) is 6. The summed E-state index contributed by atoms with van der Waals surface area (Å²) in [6, 6.07) is 5.03. The maximum Gasteiger partial charge on any atom is 0.376 e. The Morgan fingerprint density at radius 1 is 1.25 bits per heavy atom. The highest BCUT2D eigenvalue weighted by molar-refractivity contribution is 6.35. The van der Waals surface area contributed by atoms with E-state index in [4.69, 9.17) is 15.1 Å². The molecule has 0 aromatic heterocycles. The maximum atomic E-state index is 11.9. The van der Waals surface area contributed by atoms with Crippen molar-refractivity contribution in [2.24, 2.45) is 0 Å². The van der Waals surface area contributed by atoms with Crippen LogP contribution < -0.4 is 5.48 Å². The average Bonchev–Trinajstić information content (AvgIpc) is 2.35. The van der Waals surface area contributed by atoms with E-state index < -0.39 is 23.4 Å². The fraction of sp³-hybridized carbons (Fsp3) is 0.429. The minimum atomic E-state index is -1.09. The van der Waals surface area contributed by atoms with Crippen LogP contribution in [0, 0.1) is 0 Å². The Kier molecular flexibility index (Phi) is 5.24. The summed E-state index contributed by atoms with van der Waals surface area (Å²) in [5.74, 6) is -1.75. The molecule has 0 saturated heterocycles. The fourth-order valence-corrected chi connectivity index (χ4v) is 1.54. The molecule has 1 aromatic carbocycles. The molecule has 20 heavy (non-hydrogen) atoms. The number of ether oxygens (including phenoxy) is 1. The predicted octanol–water partition coefficient (Wildman–Crippen LogP) is 1.19. The van der Waals surface area contributed by atoms with Gasteiger partial charge in [-0.25, -0.2) is 4.79 Å². The van der Waals surface area contributed by atoms with Crippen LogP contribution in [-0.4, -0.2) is 33.7 Å². The Morgan fingerprint density at radius 2 is 1.80 bits per heavy atom. The van der Waals surface area contributed by atoms with Crippen LogP contribution in [-0.2, 0) is 20.7 Å². The van der Waals surface area contributed by atoms with Gasteiger partial charge in [-0.05, 0) is 44.9 Å². The molecule has 0 fully saturated rings. The maximum absolute atomic E-state index is 11.9. The SMILES string of the molecule is CC(C)(C)OC(=O)C(=O)[C@H](Cc1ccc(O)cc1)NO. The molecule has 110 valence electrons. The highest BCUT2D eigenvalue weighted by Gasteiger charge is 2.29. The Hall–Kier alpha value is -1.92. The second-order valence-electron chi connectivity index (χ2n) is 5.42. The zero-order valence-corrected chi connectivity index (χ0v) is 11.7. The van der Waals surface area contributed by atoms with E-state index in [9.17, 15) is 9.59 Å². The summed E-state index contributed by atoms with van der Waals surface area (Å²) < 4.78 is 4.96. The first-order chi connectivity index (χ1) is 9.23. The summed E-state index contributed by atoms with van der Waals surface area (Å²) in [7, 11) is 0. The third-order valence-electron chi connectivity index (χ3n) is 2.45. The summed E-state index contributed by atoms with van der Waals surface area (Å²) in [6.07, 6.45) is 0.106. The number of phenolic OH excluding ortho intramolecular Hbond substituents is 1. The summed E-state index contributed by atoms with van der Waals surface area (Å²) in [4.78, 5) is 23.5. The lowest BCUT2D eigenvalue weighted by Gasteiger charge is -2.20. The molecule has 1 atom stereocenters. The number of carbonyl (C=O) groups excluding carboxylic acids is 2. The lowest BCUT2D eigenvalue weighted by atomic mass is 10.0. The molecular weight excluding hydrogens is 262 g/mol. The van der Waals surface area contributed by atoms with E-state index in [1.54, 1.807) is 32.9 Å². The first-order valence-corrected chi connectivity index (χ1v) is 6.17. The second-order valence-corrected chi connectivity index (χ2v) is 5.42. The number of hydrogen-bond donors (Lipinski definition) is 3. The van der Waals surface area contributed by atoms with E-state index in [0.29, 0.717) is 5.56 Å². The van der Waals surface area contributed by atoms with Gasteiger partial charge in [0.05, 0.1) is 0 Å². The van der Waals surface area contributed by atoms with Gasteiger partial charge in [-0.1, -0.05) is 12.1 Å². The van der Waals surface area contributed by atoms with Gasteiger partial charge in [0, 0.05) is 0 Å². The van der Waals surface area contributed by atoms with Crippen LogP contribution in [0.3, 0.4) is 0 Å². The van der Waals surface area contributed by atoms with Crippen molar-refractivity contribution in [3.63, 3.8) is 0 Å². The number of carbonyl (C=O) groups is 2. The van der Waals surface area contributed by atoms with Crippen LogP contribution in [0.25, 0.3) is 0 Å². The Labute approximate surface area is 117 Å². The molecule has 0 bridgehead atoms. The van der Waals surface area contributed by atoms with Gasteiger partial charge in [0.2, 0.25) is 0 Å². The largest absolute Gasteiger partial charge is 0.508 e. The summed E-state index contributed by atoms with van der Waals surface area (Å²) in [5, 5.41) is 18.2. The van der Waals surface area contributed by atoms with Crippen molar-refractivity contribution in [3.05, 3.63) is 29.8 Å². The molecule has 3 N–H and O–H groups in total. The predicted molar refractivity (Wildman–Crippen MR) is 71.4 cm³/mol. The number of nitrogens with one attached hydrogen (secondary N) is 1. The molecule has 1 aromatic rings. The zero-order chi connectivity index (χ0) is 15.3. The average molecular weight is 281 g/mol. The van der Waals surface area contributed by atoms with Crippen molar-refractivity contribution in [2.75, 3.05) is 0 Å². The third-order valence-corrected chi connectivity index (χ3v) is 2.45. The van der Waals surface area contributed by atoms with Gasteiger partial charge in [-0.3, -0.25) is 4.79 Å². The Morgan fingerprint density at radius 3 is 2.25 bits per heavy atom. The molecule has 0 aliphatic carbocycles. The first kappa shape index (κ1) is 16.1. The van der Waals surface area contributed by atoms with E-state index >= 15 is 0 Å². The topological polar surface area (TPSA) is 95.9 Å². The standard InChI is InChI=1S/C14H19NO5/c1-14(2,3)20-13(18)12(17)11(15-19)8-9-4-6-10(16)7-5-9/h4-7,11,15-16,19H,8H2,1-3H3/t11-/m0/s1. The van der Waals surface area contributed by atoms with Crippen molar-refractivity contribution < 1.29 is 24.6 Å². The fourth-order valence-electron chi connectivity index (χ4n) is 1.54. The molecule has 0 aliphatic heterocycles. The van der Waals surface area contributed by atoms with Crippen LogP contribution in [0.15, 0.2) is 24.3 Å². The molecule has 0 saturated carbocycles.